The Morgan fingerprint density at radius 3 is 2.61 bits per heavy atom. The maximum absolute atomic E-state index is 5.54. The molecule has 6 heteroatoms. The Kier molecular flexibility index (Phi) is 2.45. The lowest BCUT2D eigenvalue weighted by Crippen LogP contribution is -1.97. The highest BCUT2D eigenvalue weighted by Gasteiger charge is 2.04. The van der Waals surface area contributed by atoms with E-state index in [1.165, 1.54) is 0 Å². The van der Waals surface area contributed by atoms with E-state index in [2.05, 4.69) is 20.1 Å². The Labute approximate surface area is 103 Å². The Bertz CT molecular complexity index is 644. The van der Waals surface area contributed by atoms with Crippen LogP contribution in [-0.2, 0) is 0 Å². The van der Waals surface area contributed by atoms with Crippen LogP contribution in [0.1, 0.15) is 0 Å². The first-order chi connectivity index (χ1) is 8.83. The summed E-state index contributed by atoms with van der Waals surface area (Å²) >= 11 is 0. The third-order valence-electron chi connectivity index (χ3n) is 2.45. The topological polar surface area (TPSA) is 82.5 Å². The number of pyridine rings is 1. The second kappa shape index (κ2) is 4.25. The van der Waals surface area contributed by atoms with Crippen LogP contribution in [-0.4, -0.2) is 24.7 Å². The van der Waals surface area contributed by atoms with Crippen LogP contribution in [0, 0.1) is 0 Å². The largest absolute Gasteiger partial charge is 0.384 e. The first-order valence-electron chi connectivity index (χ1n) is 5.37. The summed E-state index contributed by atoms with van der Waals surface area (Å²) in [5.74, 6) is 0.486. The summed E-state index contributed by atoms with van der Waals surface area (Å²) in [6.07, 6.45) is 8.46. The summed E-state index contributed by atoms with van der Waals surface area (Å²) < 4.78 is 1.72. The molecule has 0 saturated heterocycles. The Morgan fingerprint density at radius 2 is 1.89 bits per heavy atom. The fraction of sp³-hybridized carbons (Fsp3) is 0. The standard InChI is InChI=1S/C12H10N6/c13-12-2-1-9(7-16-12)18-6-3-10(17-18)11-8-14-4-5-15-11/h1-8H,(H2,13,16). The molecule has 0 bridgehead atoms. The molecule has 3 rings (SSSR count). The third-order valence-corrected chi connectivity index (χ3v) is 2.45. The maximum Gasteiger partial charge on any atom is 0.123 e. The average molecular weight is 238 g/mol. The van der Waals surface area contributed by atoms with Crippen LogP contribution < -0.4 is 5.73 Å². The molecule has 0 aromatic carbocycles. The first-order valence-corrected chi connectivity index (χ1v) is 5.37. The van der Waals surface area contributed by atoms with Crippen LogP contribution in [0.4, 0.5) is 5.82 Å². The van der Waals surface area contributed by atoms with Crippen molar-refractivity contribution < 1.29 is 0 Å². The number of nitrogens with zero attached hydrogens (tertiary/aromatic N) is 5. The van der Waals surface area contributed by atoms with Gasteiger partial charge in [-0.1, -0.05) is 0 Å². The van der Waals surface area contributed by atoms with Crippen molar-refractivity contribution in [2.75, 3.05) is 5.73 Å². The van der Waals surface area contributed by atoms with Gasteiger partial charge in [0.1, 0.15) is 17.2 Å². The lowest BCUT2D eigenvalue weighted by Gasteiger charge is -2.00. The van der Waals surface area contributed by atoms with Gasteiger partial charge in [-0.15, -0.1) is 0 Å². The molecule has 0 saturated carbocycles. The molecule has 0 radical (unpaired) electrons. The summed E-state index contributed by atoms with van der Waals surface area (Å²) in [4.78, 5) is 12.2. The maximum atomic E-state index is 5.54. The van der Waals surface area contributed by atoms with E-state index in [9.17, 15) is 0 Å². The van der Waals surface area contributed by atoms with Crippen LogP contribution >= 0.6 is 0 Å². The van der Waals surface area contributed by atoms with Crippen molar-refractivity contribution in [3.8, 4) is 17.1 Å². The summed E-state index contributed by atoms with van der Waals surface area (Å²) in [5, 5.41) is 4.41. The SMILES string of the molecule is Nc1ccc(-n2ccc(-c3cnccn3)n2)cn1. The summed E-state index contributed by atoms with van der Waals surface area (Å²) in [7, 11) is 0. The highest BCUT2D eigenvalue weighted by molar-refractivity contribution is 5.52. The number of nitrogen functional groups attached to an aromatic ring is 1. The Hall–Kier alpha value is -2.76. The molecule has 0 unspecified atom stereocenters. The second-order valence-electron chi connectivity index (χ2n) is 3.68. The monoisotopic (exact) mass is 238 g/mol. The smallest absolute Gasteiger partial charge is 0.123 e. The zero-order valence-electron chi connectivity index (χ0n) is 9.43. The number of hydrogen-bond donors (Lipinski definition) is 1. The molecule has 0 amide bonds. The Morgan fingerprint density at radius 1 is 0.944 bits per heavy atom. The van der Waals surface area contributed by atoms with Gasteiger partial charge >= 0.3 is 0 Å². The predicted octanol–water partition coefficient (Wildman–Crippen LogP) is 1.31. The zero-order chi connectivity index (χ0) is 12.4. The van der Waals surface area contributed by atoms with Gasteiger partial charge in [0.05, 0.1) is 18.1 Å². The number of anilines is 1. The van der Waals surface area contributed by atoms with Gasteiger partial charge < -0.3 is 5.73 Å². The number of hydrogen-bond acceptors (Lipinski definition) is 5. The summed E-state index contributed by atoms with van der Waals surface area (Å²) in [5.41, 5.74) is 7.89. The minimum atomic E-state index is 0.486. The van der Waals surface area contributed by atoms with Gasteiger partial charge in [-0.3, -0.25) is 9.97 Å². The highest BCUT2D eigenvalue weighted by Crippen LogP contribution is 2.14. The van der Waals surface area contributed by atoms with Crippen LogP contribution in [0.3, 0.4) is 0 Å². The van der Waals surface area contributed by atoms with E-state index in [-0.39, 0.29) is 0 Å². The van der Waals surface area contributed by atoms with Gasteiger partial charge in [-0.05, 0) is 18.2 Å². The average Bonchev–Trinajstić information content (AvgIpc) is 2.90. The van der Waals surface area contributed by atoms with Gasteiger partial charge in [0.25, 0.3) is 0 Å². The number of nitrogens with two attached hydrogens (primary N) is 1. The summed E-state index contributed by atoms with van der Waals surface area (Å²) in [6, 6.07) is 5.47. The van der Waals surface area contributed by atoms with E-state index in [1.54, 1.807) is 35.5 Å². The minimum absolute atomic E-state index is 0.486. The fourth-order valence-electron chi connectivity index (χ4n) is 1.57. The van der Waals surface area contributed by atoms with Crippen molar-refractivity contribution in [2.45, 2.75) is 0 Å². The van der Waals surface area contributed by atoms with Crippen LogP contribution in [0.5, 0.6) is 0 Å². The third kappa shape index (κ3) is 1.91. The van der Waals surface area contributed by atoms with E-state index >= 15 is 0 Å². The van der Waals surface area contributed by atoms with Gasteiger partial charge in [0, 0.05) is 18.6 Å². The molecule has 2 N–H and O–H groups in total. The number of aromatic nitrogens is 5. The van der Waals surface area contributed by atoms with Gasteiger partial charge in [-0.2, -0.15) is 5.10 Å². The molecule has 0 aliphatic heterocycles. The second-order valence-corrected chi connectivity index (χ2v) is 3.68. The fourth-order valence-corrected chi connectivity index (χ4v) is 1.57. The molecule has 0 fully saturated rings. The zero-order valence-corrected chi connectivity index (χ0v) is 9.43. The molecule has 3 aromatic rings. The molecule has 6 nitrogen and oxygen atoms in total. The quantitative estimate of drug-likeness (QED) is 0.727. The summed E-state index contributed by atoms with van der Waals surface area (Å²) in [6.45, 7) is 0. The van der Waals surface area contributed by atoms with E-state index < -0.39 is 0 Å². The molecule has 0 aliphatic carbocycles. The van der Waals surface area contributed by atoms with Crippen molar-refractivity contribution in [1.29, 1.82) is 0 Å². The molecule has 3 aromatic heterocycles. The predicted molar refractivity (Wildman–Crippen MR) is 66.8 cm³/mol. The van der Waals surface area contributed by atoms with Crippen LogP contribution in [0.15, 0.2) is 49.2 Å². The van der Waals surface area contributed by atoms with Gasteiger partial charge in [0.15, 0.2) is 0 Å². The molecule has 18 heavy (non-hydrogen) atoms. The molecule has 88 valence electrons. The molecule has 3 heterocycles. The number of rotatable bonds is 2. The van der Waals surface area contributed by atoms with E-state index in [4.69, 9.17) is 5.73 Å². The lowest BCUT2D eigenvalue weighted by atomic mass is 10.3. The molecule has 0 spiro atoms. The van der Waals surface area contributed by atoms with E-state index in [0.717, 1.165) is 17.1 Å². The molecular weight excluding hydrogens is 228 g/mol. The first kappa shape index (κ1) is 10.4. The van der Waals surface area contributed by atoms with Crippen molar-refractivity contribution in [3.63, 3.8) is 0 Å². The van der Waals surface area contributed by atoms with E-state index in [0.29, 0.717) is 5.82 Å². The minimum Gasteiger partial charge on any atom is -0.384 e. The van der Waals surface area contributed by atoms with Crippen LogP contribution in [0.25, 0.3) is 17.1 Å². The van der Waals surface area contributed by atoms with Crippen molar-refractivity contribution in [2.24, 2.45) is 0 Å². The lowest BCUT2D eigenvalue weighted by molar-refractivity contribution is 0.876. The van der Waals surface area contributed by atoms with Crippen molar-refractivity contribution in [1.82, 2.24) is 24.7 Å². The molecule has 0 atom stereocenters. The normalized spacial score (nSPS) is 10.4. The van der Waals surface area contributed by atoms with Crippen molar-refractivity contribution >= 4 is 5.82 Å². The highest BCUT2D eigenvalue weighted by atomic mass is 15.3. The molecular formula is C12H10N6. The Balaban J connectivity index is 1.97. The molecule has 0 aliphatic rings. The van der Waals surface area contributed by atoms with E-state index in [1.807, 2.05) is 18.3 Å². The van der Waals surface area contributed by atoms with Gasteiger partial charge in [-0.25, -0.2) is 9.67 Å². The van der Waals surface area contributed by atoms with Crippen LogP contribution in [0.2, 0.25) is 0 Å². The van der Waals surface area contributed by atoms with Gasteiger partial charge in [0.2, 0.25) is 0 Å². The van der Waals surface area contributed by atoms with Crippen molar-refractivity contribution in [3.05, 3.63) is 49.2 Å².